The molecule has 1 aromatic rings. The van der Waals surface area contributed by atoms with Gasteiger partial charge in [-0.05, 0) is 25.0 Å². The lowest BCUT2D eigenvalue weighted by Crippen LogP contribution is -2.45. The van der Waals surface area contributed by atoms with E-state index in [0.29, 0.717) is 17.2 Å². The predicted octanol–water partition coefficient (Wildman–Crippen LogP) is 1.41. The molecule has 0 saturated carbocycles. The predicted molar refractivity (Wildman–Crippen MR) is 73.1 cm³/mol. The van der Waals surface area contributed by atoms with E-state index in [2.05, 4.69) is 5.32 Å². The number of aryl methyl sites for hydroxylation is 1. The number of carbonyl (C=O) groups excluding carboxylic acids is 2. The van der Waals surface area contributed by atoms with Gasteiger partial charge in [0.05, 0.1) is 5.02 Å². The fourth-order valence-corrected chi connectivity index (χ4v) is 1.82. The summed E-state index contributed by atoms with van der Waals surface area (Å²) in [4.78, 5) is 22.6. The molecule has 1 aromatic carbocycles. The molecule has 1 unspecified atom stereocenters. The van der Waals surface area contributed by atoms with Crippen LogP contribution in [0.4, 0.5) is 0 Å². The minimum Gasteiger partial charge on any atom is -0.482 e. The number of amides is 2. The summed E-state index contributed by atoms with van der Waals surface area (Å²) >= 11 is 5.97. The van der Waals surface area contributed by atoms with E-state index < -0.39 is 17.9 Å². The molecule has 0 radical (unpaired) electrons. The molecule has 0 aliphatic rings. The standard InChI is InChI=1S/C13H17ClN2O3/c1-3-10(13(15)18)16-11(17)7-19-12-8(2)5-4-6-9(12)14/h4-6,10H,3,7H2,1-2H3,(H2,15,18)(H,16,17). The lowest BCUT2D eigenvalue weighted by atomic mass is 10.2. The summed E-state index contributed by atoms with van der Waals surface area (Å²) in [7, 11) is 0. The number of hydrogen-bond acceptors (Lipinski definition) is 3. The normalized spacial score (nSPS) is 11.7. The highest BCUT2D eigenvalue weighted by atomic mass is 35.5. The number of carbonyl (C=O) groups is 2. The minimum atomic E-state index is -0.677. The monoisotopic (exact) mass is 284 g/mol. The highest BCUT2D eigenvalue weighted by molar-refractivity contribution is 6.32. The zero-order valence-electron chi connectivity index (χ0n) is 10.9. The van der Waals surface area contributed by atoms with Crippen molar-refractivity contribution in [2.75, 3.05) is 6.61 Å². The lowest BCUT2D eigenvalue weighted by molar-refractivity contribution is -0.128. The first-order chi connectivity index (χ1) is 8.95. The SMILES string of the molecule is CCC(NC(=O)COc1c(C)cccc1Cl)C(N)=O. The number of primary amides is 1. The summed E-state index contributed by atoms with van der Waals surface area (Å²) in [6.45, 7) is 3.38. The molecule has 0 saturated heterocycles. The summed E-state index contributed by atoms with van der Waals surface area (Å²) in [6, 6.07) is 4.63. The largest absolute Gasteiger partial charge is 0.482 e. The Labute approximate surface area is 117 Å². The van der Waals surface area contributed by atoms with Crippen LogP contribution >= 0.6 is 11.6 Å². The van der Waals surface area contributed by atoms with Gasteiger partial charge in [0.25, 0.3) is 5.91 Å². The van der Waals surface area contributed by atoms with Crippen molar-refractivity contribution in [3.8, 4) is 5.75 Å². The smallest absolute Gasteiger partial charge is 0.258 e. The van der Waals surface area contributed by atoms with Crippen LogP contribution in [0.5, 0.6) is 5.75 Å². The van der Waals surface area contributed by atoms with Gasteiger partial charge in [-0.1, -0.05) is 30.7 Å². The van der Waals surface area contributed by atoms with Crippen LogP contribution in [0.15, 0.2) is 18.2 Å². The Morgan fingerprint density at radius 1 is 1.47 bits per heavy atom. The third-order valence-corrected chi connectivity index (χ3v) is 2.90. The molecule has 6 heteroatoms. The average Bonchev–Trinajstić information content (AvgIpc) is 2.35. The second-order valence-corrected chi connectivity index (χ2v) is 4.51. The highest BCUT2D eigenvalue weighted by Gasteiger charge is 2.16. The van der Waals surface area contributed by atoms with Gasteiger partial charge in [-0.15, -0.1) is 0 Å². The van der Waals surface area contributed by atoms with Gasteiger partial charge in [-0.25, -0.2) is 0 Å². The van der Waals surface area contributed by atoms with Crippen molar-refractivity contribution >= 4 is 23.4 Å². The van der Waals surface area contributed by atoms with E-state index in [9.17, 15) is 9.59 Å². The van der Waals surface area contributed by atoms with Crippen LogP contribution in [-0.4, -0.2) is 24.5 Å². The van der Waals surface area contributed by atoms with Gasteiger partial charge in [-0.3, -0.25) is 9.59 Å². The highest BCUT2D eigenvalue weighted by Crippen LogP contribution is 2.27. The van der Waals surface area contributed by atoms with Crippen LogP contribution in [0.1, 0.15) is 18.9 Å². The number of rotatable bonds is 6. The molecular weight excluding hydrogens is 268 g/mol. The summed E-state index contributed by atoms with van der Waals surface area (Å²) in [5.74, 6) is -0.513. The minimum absolute atomic E-state index is 0.214. The molecule has 1 rings (SSSR count). The number of benzene rings is 1. The zero-order chi connectivity index (χ0) is 14.4. The van der Waals surface area contributed by atoms with Gasteiger partial charge >= 0.3 is 0 Å². The number of nitrogens with two attached hydrogens (primary N) is 1. The molecule has 5 nitrogen and oxygen atoms in total. The van der Waals surface area contributed by atoms with Gasteiger partial charge in [0.2, 0.25) is 5.91 Å². The van der Waals surface area contributed by atoms with Gasteiger partial charge in [-0.2, -0.15) is 0 Å². The maximum Gasteiger partial charge on any atom is 0.258 e. The third-order valence-electron chi connectivity index (χ3n) is 2.60. The zero-order valence-corrected chi connectivity index (χ0v) is 11.7. The first-order valence-electron chi connectivity index (χ1n) is 5.92. The average molecular weight is 285 g/mol. The second-order valence-electron chi connectivity index (χ2n) is 4.11. The summed E-state index contributed by atoms with van der Waals surface area (Å²) < 4.78 is 5.36. The van der Waals surface area contributed by atoms with Gasteiger partial charge in [0, 0.05) is 0 Å². The Kier molecular flexibility index (Phi) is 5.63. The van der Waals surface area contributed by atoms with Gasteiger partial charge in [0.15, 0.2) is 6.61 Å². The van der Waals surface area contributed by atoms with E-state index in [1.54, 1.807) is 19.1 Å². The first kappa shape index (κ1) is 15.3. The van der Waals surface area contributed by atoms with Crippen LogP contribution in [0.3, 0.4) is 0 Å². The third kappa shape index (κ3) is 4.44. The number of para-hydroxylation sites is 1. The first-order valence-corrected chi connectivity index (χ1v) is 6.30. The Morgan fingerprint density at radius 2 is 2.16 bits per heavy atom. The Balaban J connectivity index is 2.57. The molecule has 0 spiro atoms. The fraction of sp³-hybridized carbons (Fsp3) is 0.385. The van der Waals surface area contributed by atoms with E-state index in [-0.39, 0.29) is 6.61 Å². The Bertz CT molecular complexity index is 457. The molecule has 0 aliphatic heterocycles. The van der Waals surface area contributed by atoms with E-state index in [0.717, 1.165) is 5.56 Å². The van der Waals surface area contributed by atoms with E-state index in [1.807, 2.05) is 13.0 Å². The molecule has 0 bridgehead atoms. The summed E-state index contributed by atoms with van der Waals surface area (Å²) in [6.07, 6.45) is 0.437. The van der Waals surface area contributed by atoms with Crippen LogP contribution in [-0.2, 0) is 9.59 Å². The topological polar surface area (TPSA) is 81.4 Å². The van der Waals surface area contributed by atoms with Crippen LogP contribution < -0.4 is 15.8 Å². The molecule has 19 heavy (non-hydrogen) atoms. The van der Waals surface area contributed by atoms with Crippen molar-refractivity contribution in [3.05, 3.63) is 28.8 Å². The molecule has 2 amide bonds. The Hall–Kier alpha value is -1.75. The van der Waals surface area contributed by atoms with Gasteiger partial charge in [0.1, 0.15) is 11.8 Å². The van der Waals surface area contributed by atoms with Crippen LogP contribution in [0.25, 0.3) is 0 Å². The number of halogens is 1. The molecular formula is C13H17ClN2O3. The molecule has 3 N–H and O–H groups in total. The molecule has 0 aromatic heterocycles. The lowest BCUT2D eigenvalue weighted by Gasteiger charge is -2.14. The van der Waals surface area contributed by atoms with Crippen molar-refractivity contribution in [3.63, 3.8) is 0 Å². The van der Waals surface area contributed by atoms with E-state index >= 15 is 0 Å². The molecule has 104 valence electrons. The van der Waals surface area contributed by atoms with Crippen molar-refractivity contribution in [1.82, 2.24) is 5.32 Å². The van der Waals surface area contributed by atoms with E-state index in [4.69, 9.17) is 22.1 Å². The maximum absolute atomic E-state index is 11.6. The summed E-state index contributed by atoms with van der Waals surface area (Å²) in [5.41, 5.74) is 5.97. The quantitative estimate of drug-likeness (QED) is 0.829. The van der Waals surface area contributed by atoms with Crippen molar-refractivity contribution in [2.45, 2.75) is 26.3 Å². The van der Waals surface area contributed by atoms with Crippen LogP contribution in [0, 0.1) is 6.92 Å². The molecule has 0 fully saturated rings. The van der Waals surface area contributed by atoms with Crippen molar-refractivity contribution < 1.29 is 14.3 Å². The molecule has 1 atom stereocenters. The van der Waals surface area contributed by atoms with Crippen molar-refractivity contribution in [1.29, 1.82) is 0 Å². The molecule has 0 heterocycles. The number of hydrogen-bond donors (Lipinski definition) is 2. The second kappa shape index (κ2) is 6.99. The van der Waals surface area contributed by atoms with E-state index in [1.165, 1.54) is 0 Å². The number of nitrogens with one attached hydrogen (secondary N) is 1. The molecule has 0 aliphatic carbocycles. The van der Waals surface area contributed by atoms with Crippen LogP contribution in [0.2, 0.25) is 5.02 Å². The maximum atomic E-state index is 11.6. The summed E-state index contributed by atoms with van der Waals surface area (Å²) in [5, 5.41) is 2.93. The van der Waals surface area contributed by atoms with Crippen molar-refractivity contribution in [2.24, 2.45) is 5.73 Å². The fourth-order valence-electron chi connectivity index (χ4n) is 1.55. The van der Waals surface area contributed by atoms with Gasteiger partial charge < -0.3 is 15.8 Å². The Morgan fingerprint density at radius 3 is 2.68 bits per heavy atom. The number of ether oxygens (including phenoxy) is 1.